The number of rotatable bonds is 6. The van der Waals surface area contributed by atoms with Gasteiger partial charge in [0, 0.05) is 30.8 Å². The van der Waals surface area contributed by atoms with E-state index >= 15 is 0 Å². The van der Waals surface area contributed by atoms with Crippen LogP contribution in [0.4, 0.5) is 10.1 Å². The SMILES string of the molecule is CC(C)(C)c1ccccc1NC(=O)CCNCc1ccccc1F. The Morgan fingerprint density at radius 1 is 1.04 bits per heavy atom. The number of hydrogen-bond donors (Lipinski definition) is 2. The van der Waals surface area contributed by atoms with Gasteiger partial charge in [-0.2, -0.15) is 0 Å². The second-order valence-corrected chi connectivity index (χ2v) is 6.86. The predicted octanol–water partition coefficient (Wildman–Crippen LogP) is 4.24. The molecule has 0 unspecified atom stereocenters. The molecular weight excluding hydrogens is 303 g/mol. The standard InChI is InChI=1S/C20H25FN2O/c1-20(2,3)16-9-5-7-11-18(16)23-19(24)12-13-22-14-15-8-4-6-10-17(15)21/h4-11,22H,12-14H2,1-3H3,(H,23,24). The van der Waals surface area contributed by atoms with Crippen LogP contribution in [0.1, 0.15) is 38.3 Å². The van der Waals surface area contributed by atoms with E-state index in [0.29, 0.717) is 25.1 Å². The number of amides is 1. The molecule has 0 aliphatic rings. The van der Waals surface area contributed by atoms with Crippen LogP contribution < -0.4 is 10.6 Å². The molecule has 0 fully saturated rings. The Kier molecular flexibility index (Phi) is 6.10. The smallest absolute Gasteiger partial charge is 0.225 e. The highest BCUT2D eigenvalue weighted by Crippen LogP contribution is 2.29. The summed E-state index contributed by atoms with van der Waals surface area (Å²) >= 11 is 0. The molecule has 0 aliphatic carbocycles. The van der Waals surface area contributed by atoms with E-state index in [9.17, 15) is 9.18 Å². The van der Waals surface area contributed by atoms with Gasteiger partial charge in [-0.05, 0) is 23.1 Å². The van der Waals surface area contributed by atoms with Crippen molar-refractivity contribution < 1.29 is 9.18 Å². The third kappa shape index (κ3) is 5.17. The first kappa shape index (κ1) is 18.1. The summed E-state index contributed by atoms with van der Waals surface area (Å²) in [6, 6.07) is 14.5. The molecule has 2 rings (SSSR count). The number of anilines is 1. The van der Waals surface area contributed by atoms with E-state index in [1.807, 2.05) is 24.3 Å². The summed E-state index contributed by atoms with van der Waals surface area (Å²) in [5.41, 5.74) is 2.53. The van der Waals surface area contributed by atoms with Crippen LogP contribution in [0.25, 0.3) is 0 Å². The van der Waals surface area contributed by atoms with E-state index in [2.05, 4.69) is 31.4 Å². The third-order valence-electron chi connectivity index (χ3n) is 3.81. The molecule has 3 nitrogen and oxygen atoms in total. The van der Waals surface area contributed by atoms with E-state index in [1.165, 1.54) is 6.07 Å². The number of hydrogen-bond acceptors (Lipinski definition) is 2. The van der Waals surface area contributed by atoms with Gasteiger partial charge in [0.15, 0.2) is 0 Å². The van der Waals surface area contributed by atoms with E-state index < -0.39 is 0 Å². The highest BCUT2D eigenvalue weighted by molar-refractivity contribution is 5.91. The minimum absolute atomic E-state index is 0.0348. The van der Waals surface area contributed by atoms with Crippen LogP contribution in [0.2, 0.25) is 0 Å². The Morgan fingerprint density at radius 2 is 1.71 bits per heavy atom. The molecule has 24 heavy (non-hydrogen) atoms. The van der Waals surface area contributed by atoms with Crippen molar-refractivity contribution in [1.82, 2.24) is 5.32 Å². The molecule has 0 aromatic heterocycles. The van der Waals surface area contributed by atoms with Crippen LogP contribution in [0, 0.1) is 5.82 Å². The lowest BCUT2D eigenvalue weighted by atomic mass is 9.86. The summed E-state index contributed by atoms with van der Waals surface area (Å²) < 4.78 is 13.5. The minimum atomic E-state index is -0.228. The normalized spacial score (nSPS) is 11.3. The van der Waals surface area contributed by atoms with E-state index in [4.69, 9.17) is 0 Å². The van der Waals surface area contributed by atoms with Crippen LogP contribution in [0.5, 0.6) is 0 Å². The molecule has 0 aliphatic heterocycles. The van der Waals surface area contributed by atoms with Crippen LogP contribution in [-0.4, -0.2) is 12.5 Å². The zero-order valence-corrected chi connectivity index (χ0v) is 14.5. The van der Waals surface area contributed by atoms with Gasteiger partial charge in [0.25, 0.3) is 0 Å². The molecule has 2 aromatic carbocycles. The predicted molar refractivity (Wildman–Crippen MR) is 96.5 cm³/mol. The van der Waals surface area contributed by atoms with Crippen LogP contribution >= 0.6 is 0 Å². The largest absolute Gasteiger partial charge is 0.326 e. The van der Waals surface area contributed by atoms with Gasteiger partial charge in [-0.25, -0.2) is 4.39 Å². The number of nitrogens with one attached hydrogen (secondary N) is 2. The van der Waals surface area contributed by atoms with Crippen molar-refractivity contribution in [3.63, 3.8) is 0 Å². The fraction of sp³-hybridized carbons (Fsp3) is 0.350. The lowest BCUT2D eigenvalue weighted by molar-refractivity contribution is -0.116. The van der Waals surface area contributed by atoms with Crippen molar-refractivity contribution in [3.05, 3.63) is 65.5 Å². The van der Waals surface area contributed by atoms with Crippen molar-refractivity contribution in [2.24, 2.45) is 0 Å². The Balaban J connectivity index is 1.83. The van der Waals surface area contributed by atoms with Gasteiger partial charge in [-0.1, -0.05) is 57.2 Å². The van der Waals surface area contributed by atoms with E-state index in [1.54, 1.807) is 18.2 Å². The van der Waals surface area contributed by atoms with Crippen LogP contribution in [0.15, 0.2) is 48.5 Å². The molecule has 2 aromatic rings. The zero-order chi connectivity index (χ0) is 17.6. The topological polar surface area (TPSA) is 41.1 Å². The summed E-state index contributed by atoms with van der Waals surface area (Å²) in [4.78, 5) is 12.1. The first-order valence-corrected chi connectivity index (χ1v) is 8.21. The number of benzene rings is 2. The lowest BCUT2D eigenvalue weighted by Gasteiger charge is -2.23. The second-order valence-electron chi connectivity index (χ2n) is 6.86. The molecule has 0 heterocycles. The highest BCUT2D eigenvalue weighted by Gasteiger charge is 2.18. The molecule has 0 spiro atoms. The number of para-hydroxylation sites is 1. The minimum Gasteiger partial charge on any atom is -0.326 e. The number of carbonyl (C=O) groups is 1. The van der Waals surface area contributed by atoms with Gasteiger partial charge >= 0.3 is 0 Å². The summed E-state index contributed by atoms with van der Waals surface area (Å²) in [7, 11) is 0. The molecular formula is C20H25FN2O. The maximum absolute atomic E-state index is 13.5. The molecule has 0 atom stereocenters. The Hall–Kier alpha value is -2.20. The van der Waals surface area contributed by atoms with Crippen molar-refractivity contribution >= 4 is 11.6 Å². The fourth-order valence-electron chi connectivity index (χ4n) is 2.53. The van der Waals surface area contributed by atoms with Crippen molar-refractivity contribution in [3.8, 4) is 0 Å². The maximum Gasteiger partial charge on any atom is 0.225 e. The van der Waals surface area contributed by atoms with E-state index in [-0.39, 0.29) is 17.1 Å². The van der Waals surface area contributed by atoms with Gasteiger partial charge in [0.1, 0.15) is 5.82 Å². The van der Waals surface area contributed by atoms with Gasteiger partial charge in [0.2, 0.25) is 5.91 Å². The fourth-order valence-corrected chi connectivity index (χ4v) is 2.53. The van der Waals surface area contributed by atoms with Gasteiger partial charge < -0.3 is 10.6 Å². The highest BCUT2D eigenvalue weighted by atomic mass is 19.1. The second kappa shape index (κ2) is 8.06. The Bertz CT molecular complexity index is 692. The number of carbonyl (C=O) groups excluding carboxylic acids is 1. The first-order valence-electron chi connectivity index (χ1n) is 8.21. The molecule has 0 bridgehead atoms. The average Bonchev–Trinajstić information content (AvgIpc) is 2.52. The summed E-state index contributed by atoms with van der Waals surface area (Å²) in [5, 5.41) is 6.08. The van der Waals surface area contributed by atoms with Gasteiger partial charge in [-0.15, -0.1) is 0 Å². The maximum atomic E-state index is 13.5. The first-order chi connectivity index (χ1) is 11.4. The van der Waals surface area contributed by atoms with Crippen molar-refractivity contribution in [2.75, 3.05) is 11.9 Å². The quantitative estimate of drug-likeness (QED) is 0.779. The molecule has 128 valence electrons. The Labute approximate surface area is 143 Å². The van der Waals surface area contributed by atoms with Gasteiger partial charge in [0.05, 0.1) is 0 Å². The third-order valence-corrected chi connectivity index (χ3v) is 3.81. The zero-order valence-electron chi connectivity index (χ0n) is 14.5. The molecule has 2 N–H and O–H groups in total. The van der Waals surface area contributed by atoms with Crippen LogP contribution in [0.3, 0.4) is 0 Å². The Morgan fingerprint density at radius 3 is 2.42 bits per heavy atom. The monoisotopic (exact) mass is 328 g/mol. The average molecular weight is 328 g/mol. The summed E-state index contributed by atoms with van der Waals surface area (Å²) in [6.07, 6.45) is 0.340. The summed E-state index contributed by atoms with van der Waals surface area (Å²) in [5.74, 6) is -0.277. The summed E-state index contributed by atoms with van der Waals surface area (Å²) in [6.45, 7) is 7.27. The molecule has 4 heteroatoms. The number of halogens is 1. The molecule has 0 saturated carbocycles. The lowest BCUT2D eigenvalue weighted by Crippen LogP contribution is -2.23. The molecule has 1 amide bonds. The van der Waals surface area contributed by atoms with E-state index in [0.717, 1.165) is 11.3 Å². The van der Waals surface area contributed by atoms with Crippen molar-refractivity contribution in [2.45, 2.75) is 39.2 Å². The van der Waals surface area contributed by atoms with Gasteiger partial charge in [-0.3, -0.25) is 4.79 Å². The molecule has 0 radical (unpaired) electrons. The van der Waals surface area contributed by atoms with Crippen molar-refractivity contribution in [1.29, 1.82) is 0 Å². The van der Waals surface area contributed by atoms with Crippen LogP contribution in [-0.2, 0) is 16.8 Å². The molecule has 0 saturated heterocycles.